The van der Waals surface area contributed by atoms with Crippen LogP contribution in [0.1, 0.15) is 38.1 Å². The highest BCUT2D eigenvalue weighted by Crippen LogP contribution is 2.49. The van der Waals surface area contributed by atoms with E-state index in [0.717, 1.165) is 12.0 Å². The van der Waals surface area contributed by atoms with Crippen LogP contribution in [0.3, 0.4) is 0 Å². The summed E-state index contributed by atoms with van der Waals surface area (Å²) in [5.41, 5.74) is 1.66. The average molecular weight is 639 g/mol. The Bertz CT molecular complexity index is 1560. The molecule has 3 fully saturated rings. The van der Waals surface area contributed by atoms with E-state index < -0.39 is 28.0 Å². The van der Waals surface area contributed by atoms with Gasteiger partial charge >= 0.3 is 5.97 Å². The fourth-order valence-electron chi connectivity index (χ4n) is 7.00. The first kappa shape index (κ1) is 31.9. The number of esters is 1. The van der Waals surface area contributed by atoms with Crippen molar-refractivity contribution in [2.75, 3.05) is 26.3 Å². The zero-order valence-electron chi connectivity index (χ0n) is 25.9. The normalized spacial score (nSPS) is 25.5. The Labute approximate surface area is 264 Å². The van der Waals surface area contributed by atoms with Gasteiger partial charge in [0.25, 0.3) is 0 Å². The SMILES string of the molecule is Cc1ncc(-c2ccc(S(=O)(=O)N(CC(C)C)C[C@@H](O)[C@@H](CC(=O)OC3C4COC5OCC3C5C4)Cc3ccccc3)cc2)o1. The van der Waals surface area contributed by atoms with Gasteiger partial charge < -0.3 is 23.7 Å². The molecule has 3 heterocycles. The monoisotopic (exact) mass is 638 g/mol. The Morgan fingerprint density at radius 3 is 2.47 bits per heavy atom. The molecule has 0 amide bonds. The lowest BCUT2D eigenvalue weighted by Gasteiger charge is -2.31. The van der Waals surface area contributed by atoms with Gasteiger partial charge in [0, 0.05) is 49.2 Å². The minimum Gasteiger partial charge on any atom is -0.462 e. The summed E-state index contributed by atoms with van der Waals surface area (Å²) in [6, 6.07) is 16.1. The van der Waals surface area contributed by atoms with E-state index in [0.29, 0.717) is 36.8 Å². The van der Waals surface area contributed by atoms with Crippen molar-refractivity contribution in [3.63, 3.8) is 0 Å². The fraction of sp³-hybridized carbons (Fsp3) is 0.529. The largest absolute Gasteiger partial charge is 0.462 e. The van der Waals surface area contributed by atoms with Gasteiger partial charge in [-0.1, -0.05) is 44.2 Å². The highest BCUT2D eigenvalue weighted by Gasteiger charge is 2.56. The second-order valence-corrected chi connectivity index (χ2v) is 15.0. The molecule has 2 saturated heterocycles. The molecule has 1 N–H and O–H groups in total. The topological polar surface area (TPSA) is 128 Å². The third-order valence-electron chi connectivity index (χ3n) is 9.23. The number of benzene rings is 2. The quantitative estimate of drug-likeness (QED) is 0.270. The van der Waals surface area contributed by atoms with Crippen molar-refractivity contribution >= 4 is 16.0 Å². The molecule has 7 atom stereocenters. The molecule has 242 valence electrons. The van der Waals surface area contributed by atoms with E-state index in [2.05, 4.69) is 4.98 Å². The van der Waals surface area contributed by atoms with Crippen LogP contribution in [-0.2, 0) is 35.4 Å². The fourth-order valence-corrected chi connectivity index (χ4v) is 8.62. The number of aliphatic hydroxyl groups excluding tert-OH is 1. The molecule has 2 bridgehead atoms. The Morgan fingerprint density at radius 1 is 1.04 bits per heavy atom. The number of sulfonamides is 1. The molecule has 1 aliphatic carbocycles. The maximum Gasteiger partial charge on any atom is 0.306 e. The van der Waals surface area contributed by atoms with Crippen molar-refractivity contribution in [1.29, 1.82) is 0 Å². The summed E-state index contributed by atoms with van der Waals surface area (Å²) in [7, 11) is -3.97. The zero-order chi connectivity index (χ0) is 31.7. The molecule has 1 saturated carbocycles. The van der Waals surface area contributed by atoms with Crippen molar-refractivity contribution < 1.29 is 36.9 Å². The molecule has 3 aliphatic rings. The second kappa shape index (κ2) is 13.3. The molecule has 45 heavy (non-hydrogen) atoms. The van der Waals surface area contributed by atoms with Crippen molar-refractivity contribution in [3.05, 3.63) is 72.2 Å². The van der Waals surface area contributed by atoms with Crippen LogP contribution in [0.25, 0.3) is 11.3 Å². The lowest BCUT2D eigenvalue weighted by atomic mass is 9.90. The molecule has 2 aliphatic heterocycles. The maximum atomic E-state index is 13.9. The molecule has 10 nitrogen and oxygen atoms in total. The van der Waals surface area contributed by atoms with E-state index in [1.807, 2.05) is 44.2 Å². The number of fused-ring (bicyclic) bond motifs is 1. The molecule has 6 rings (SSSR count). The van der Waals surface area contributed by atoms with Crippen LogP contribution in [0, 0.1) is 36.5 Å². The number of aliphatic hydroxyl groups is 1. The van der Waals surface area contributed by atoms with E-state index in [1.54, 1.807) is 37.4 Å². The molecule has 3 aromatic rings. The van der Waals surface area contributed by atoms with Gasteiger partial charge in [0.15, 0.2) is 17.9 Å². The first-order valence-corrected chi connectivity index (χ1v) is 17.2. The van der Waals surface area contributed by atoms with Crippen LogP contribution in [0.2, 0.25) is 0 Å². The van der Waals surface area contributed by atoms with Crippen LogP contribution < -0.4 is 0 Å². The Kier molecular flexibility index (Phi) is 9.44. The number of ether oxygens (including phenoxy) is 3. The minimum atomic E-state index is -3.97. The minimum absolute atomic E-state index is 0.00218. The van der Waals surface area contributed by atoms with Gasteiger partial charge in [-0.3, -0.25) is 4.79 Å². The summed E-state index contributed by atoms with van der Waals surface area (Å²) >= 11 is 0. The van der Waals surface area contributed by atoms with Crippen LogP contribution in [0.15, 0.2) is 70.1 Å². The average Bonchev–Trinajstić information content (AvgIpc) is 3.71. The molecule has 11 heteroatoms. The predicted octanol–water partition coefficient (Wildman–Crippen LogP) is 4.46. The van der Waals surface area contributed by atoms with Gasteiger partial charge in [-0.05, 0) is 48.6 Å². The molecular formula is C34H42N2O8S. The summed E-state index contributed by atoms with van der Waals surface area (Å²) in [6.45, 7) is 6.68. The number of carbonyl (C=O) groups excluding carboxylic acids is 1. The van der Waals surface area contributed by atoms with E-state index in [1.165, 1.54) is 4.31 Å². The van der Waals surface area contributed by atoms with Gasteiger partial charge in [-0.25, -0.2) is 13.4 Å². The number of carbonyl (C=O) groups is 1. The van der Waals surface area contributed by atoms with E-state index in [4.69, 9.17) is 18.6 Å². The van der Waals surface area contributed by atoms with Crippen molar-refractivity contribution in [1.82, 2.24) is 9.29 Å². The van der Waals surface area contributed by atoms with Gasteiger partial charge in [0.1, 0.15) is 6.10 Å². The zero-order valence-corrected chi connectivity index (χ0v) is 26.8. The molecule has 1 aromatic heterocycles. The van der Waals surface area contributed by atoms with Crippen LogP contribution in [0.5, 0.6) is 0 Å². The van der Waals surface area contributed by atoms with Crippen molar-refractivity contribution in [2.24, 2.45) is 29.6 Å². The highest BCUT2D eigenvalue weighted by molar-refractivity contribution is 7.89. The Hall–Kier alpha value is -3.09. The molecule has 0 radical (unpaired) electrons. The summed E-state index contributed by atoms with van der Waals surface area (Å²) in [5.74, 6) is 0.629. The van der Waals surface area contributed by atoms with Gasteiger partial charge in [0.05, 0.1) is 36.8 Å². The lowest BCUT2D eigenvalue weighted by molar-refractivity contribution is -0.178. The smallest absolute Gasteiger partial charge is 0.306 e. The number of hydrogen-bond acceptors (Lipinski definition) is 9. The van der Waals surface area contributed by atoms with E-state index in [9.17, 15) is 18.3 Å². The third kappa shape index (κ3) is 7.02. The van der Waals surface area contributed by atoms with Crippen molar-refractivity contribution in [3.8, 4) is 11.3 Å². The van der Waals surface area contributed by atoms with Gasteiger partial charge in [-0.15, -0.1) is 0 Å². The lowest BCUT2D eigenvalue weighted by Crippen LogP contribution is -2.43. The summed E-state index contributed by atoms with van der Waals surface area (Å²) < 4.78 is 52.4. The standard InChI is InChI=1S/C34H42N2O8S/c1-21(2)17-36(45(39,40)27-11-9-24(10-12-27)31-16-35-22(3)43-31)18-30(37)25(13-23-7-5-4-6-8-23)15-32(38)44-33-26-14-28-29(33)20-42-34(28)41-19-26/h4-12,16,21,25-26,28-30,33-34,37H,13-15,17-20H2,1-3H3/t25-,26?,28?,29?,30-,33?,34?/m1/s1. The molecule has 0 spiro atoms. The summed E-state index contributed by atoms with van der Waals surface area (Å²) in [6.07, 6.45) is 1.28. The predicted molar refractivity (Wildman–Crippen MR) is 165 cm³/mol. The number of rotatable bonds is 13. The van der Waals surface area contributed by atoms with Gasteiger partial charge in [-0.2, -0.15) is 4.31 Å². The van der Waals surface area contributed by atoms with Gasteiger partial charge in [0.2, 0.25) is 10.0 Å². The van der Waals surface area contributed by atoms with E-state index in [-0.39, 0.29) is 60.5 Å². The highest BCUT2D eigenvalue weighted by atomic mass is 32.2. The van der Waals surface area contributed by atoms with Crippen LogP contribution in [-0.4, -0.2) is 73.6 Å². The molecule has 5 unspecified atom stereocenters. The number of oxazole rings is 1. The number of aromatic nitrogens is 1. The molecule has 2 aromatic carbocycles. The first-order chi connectivity index (χ1) is 21.6. The maximum absolute atomic E-state index is 13.9. The summed E-state index contributed by atoms with van der Waals surface area (Å²) in [5, 5.41) is 11.7. The van der Waals surface area contributed by atoms with Crippen molar-refractivity contribution in [2.45, 2.75) is 63.4 Å². The van der Waals surface area contributed by atoms with E-state index >= 15 is 0 Å². The summed E-state index contributed by atoms with van der Waals surface area (Å²) in [4.78, 5) is 17.7. The second-order valence-electron chi connectivity index (χ2n) is 13.0. The third-order valence-corrected chi connectivity index (χ3v) is 11.1. The van der Waals surface area contributed by atoms with Crippen LogP contribution in [0.4, 0.5) is 0 Å². The number of aryl methyl sites for hydroxylation is 1. The Balaban J connectivity index is 1.19. The number of nitrogens with zero attached hydrogens (tertiary/aromatic N) is 2. The number of hydrogen-bond donors (Lipinski definition) is 1. The first-order valence-electron chi connectivity index (χ1n) is 15.8. The Morgan fingerprint density at radius 2 is 1.78 bits per heavy atom. The van der Waals surface area contributed by atoms with Crippen LogP contribution >= 0.6 is 0 Å². The molecular weight excluding hydrogens is 596 g/mol.